The van der Waals surface area contributed by atoms with Crippen molar-refractivity contribution in [1.29, 1.82) is 0 Å². The normalized spacial score (nSPS) is 10.6. The Kier molecular flexibility index (Phi) is 5.12. The lowest BCUT2D eigenvalue weighted by Gasteiger charge is -2.13. The molecule has 0 aliphatic heterocycles. The van der Waals surface area contributed by atoms with E-state index in [1.54, 1.807) is 7.11 Å². The van der Waals surface area contributed by atoms with Crippen LogP contribution >= 0.6 is 0 Å². The number of ether oxygens (including phenoxy) is 2. The quantitative estimate of drug-likeness (QED) is 0.804. The van der Waals surface area contributed by atoms with Crippen LogP contribution in [0, 0.1) is 5.92 Å². The molecule has 3 heteroatoms. The minimum absolute atomic E-state index is 0.521. The van der Waals surface area contributed by atoms with Crippen LogP contribution in [-0.2, 0) is 6.42 Å². The Hall–Kier alpha value is -1.22. The van der Waals surface area contributed by atoms with Crippen molar-refractivity contribution in [1.82, 2.24) is 0 Å². The smallest absolute Gasteiger partial charge is 0.122 e. The van der Waals surface area contributed by atoms with Gasteiger partial charge in [0.25, 0.3) is 0 Å². The fourth-order valence-corrected chi connectivity index (χ4v) is 1.43. The summed E-state index contributed by atoms with van der Waals surface area (Å²) in [4.78, 5) is 0. The minimum atomic E-state index is 0.521. The molecule has 0 saturated heterocycles. The molecule has 0 fully saturated rings. The molecule has 0 spiro atoms. The monoisotopic (exact) mass is 223 g/mol. The molecule has 0 heterocycles. The van der Waals surface area contributed by atoms with E-state index in [-0.39, 0.29) is 0 Å². The van der Waals surface area contributed by atoms with Crippen molar-refractivity contribution in [3.05, 3.63) is 23.8 Å². The topological polar surface area (TPSA) is 44.5 Å². The Balaban J connectivity index is 2.80. The van der Waals surface area contributed by atoms with Crippen LogP contribution in [0.4, 0.5) is 0 Å². The van der Waals surface area contributed by atoms with Gasteiger partial charge in [-0.1, -0.05) is 13.8 Å². The highest BCUT2D eigenvalue weighted by molar-refractivity contribution is 5.40. The van der Waals surface area contributed by atoms with E-state index in [1.807, 2.05) is 18.2 Å². The van der Waals surface area contributed by atoms with Crippen LogP contribution in [0.25, 0.3) is 0 Å². The molecule has 16 heavy (non-hydrogen) atoms. The zero-order valence-electron chi connectivity index (χ0n) is 10.3. The minimum Gasteiger partial charge on any atom is -0.497 e. The summed E-state index contributed by atoms with van der Waals surface area (Å²) < 4.78 is 10.9. The first-order valence-electron chi connectivity index (χ1n) is 5.67. The van der Waals surface area contributed by atoms with Gasteiger partial charge in [-0.15, -0.1) is 0 Å². The first kappa shape index (κ1) is 12.8. The van der Waals surface area contributed by atoms with Gasteiger partial charge in [0.1, 0.15) is 11.5 Å². The molecule has 0 aliphatic carbocycles. The van der Waals surface area contributed by atoms with Crippen molar-refractivity contribution >= 4 is 0 Å². The Morgan fingerprint density at radius 3 is 2.62 bits per heavy atom. The molecule has 0 unspecified atom stereocenters. The Bertz CT molecular complexity index is 324. The molecule has 0 saturated carbocycles. The molecule has 90 valence electrons. The van der Waals surface area contributed by atoms with Crippen LogP contribution in [0.2, 0.25) is 0 Å². The van der Waals surface area contributed by atoms with Gasteiger partial charge in [-0.05, 0) is 42.6 Å². The maximum atomic E-state index is 5.74. The van der Waals surface area contributed by atoms with E-state index in [4.69, 9.17) is 15.2 Å². The van der Waals surface area contributed by atoms with Gasteiger partial charge in [-0.3, -0.25) is 0 Å². The maximum absolute atomic E-state index is 5.74. The number of nitrogens with two attached hydrogens (primary N) is 1. The maximum Gasteiger partial charge on any atom is 0.122 e. The van der Waals surface area contributed by atoms with Crippen LogP contribution in [0.3, 0.4) is 0 Å². The molecule has 0 aromatic heterocycles. The fraction of sp³-hybridized carbons (Fsp3) is 0.538. The summed E-state index contributed by atoms with van der Waals surface area (Å²) in [5, 5.41) is 0. The molecule has 2 N–H and O–H groups in total. The second-order valence-corrected chi connectivity index (χ2v) is 4.22. The molecule has 0 radical (unpaired) electrons. The summed E-state index contributed by atoms with van der Waals surface area (Å²) in [7, 11) is 1.66. The largest absolute Gasteiger partial charge is 0.497 e. The summed E-state index contributed by atoms with van der Waals surface area (Å²) >= 11 is 0. The van der Waals surface area contributed by atoms with Gasteiger partial charge in [-0.2, -0.15) is 0 Å². The second kappa shape index (κ2) is 6.38. The van der Waals surface area contributed by atoms with E-state index < -0.39 is 0 Å². The van der Waals surface area contributed by atoms with Gasteiger partial charge in [0, 0.05) is 0 Å². The van der Waals surface area contributed by atoms with Gasteiger partial charge in [-0.25, -0.2) is 0 Å². The highest BCUT2D eigenvalue weighted by Gasteiger charge is 2.06. The van der Waals surface area contributed by atoms with Crippen molar-refractivity contribution in [2.45, 2.75) is 20.3 Å². The Labute approximate surface area is 97.6 Å². The van der Waals surface area contributed by atoms with Crippen LogP contribution in [0.1, 0.15) is 19.4 Å². The number of rotatable bonds is 6. The lowest BCUT2D eigenvalue weighted by atomic mass is 10.1. The van der Waals surface area contributed by atoms with E-state index in [2.05, 4.69) is 13.8 Å². The summed E-state index contributed by atoms with van der Waals surface area (Å²) in [5.74, 6) is 2.29. The molecule has 3 nitrogen and oxygen atoms in total. The van der Waals surface area contributed by atoms with Crippen molar-refractivity contribution in [2.75, 3.05) is 20.3 Å². The summed E-state index contributed by atoms with van der Waals surface area (Å²) in [6, 6.07) is 5.85. The Morgan fingerprint density at radius 1 is 1.31 bits per heavy atom. The second-order valence-electron chi connectivity index (χ2n) is 4.22. The zero-order chi connectivity index (χ0) is 12.0. The number of hydrogen-bond acceptors (Lipinski definition) is 3. The molecule has 0 aliphatic rings. The molecule has 0 amide bonds. The number of methoxy groups -OCH3 is 1. The molecule has 0 bridgehead atoms. The molecule has 0 atom stereocenters. The zero-order valence-corrected chi connectivity index (χ0v) is 10.3. The highest BCUT2D eigenvalue weighted by atomic mass is 16.5. The van der Waals surface area contributed by atoms with Crippen LogP contribution in [0.15, 0.2) is 18.2 Å². The standard InChI is InChI=1S/C13H21NO2/c1-10(2)9-16-13-5-4-12(15-3)8-11(13)6-7-14/h4-5,8,10H,6-7,9,14H2,1-3H3. The van der Waals surface area contributed by atoms with Gasteiger partial charge in [0.2, 0.25) is 0 Å². The molecular formula is C13H21NO2. The highest BCUT2D eigenvalue weighted by Crippen LogP contribution is 2.24. The molecule has 1 aromatic carbocycles. The van der Waals surface area contributed by atoms with Crippen molar-refractivity contribution in [3.63, 3.8) is 0 Å². The van der Waals surface area contributed by atoms with E-state index in [0.29, 0.717) is 12.5 Å². The predicted molar refractivity (Wildman–Crippen MR) is 66.1 cm³/mol. The average molecular weight is 223 g/mol. The van der Waals surface area contributed by atoms with Crippen molar-refractivity contribution < 1.29 is 9.47 Å². The third kappa shape index (κ3) is 3.74. The third-order valence-electron chi connectivity index (χ3n) is 2.25. The van der Waals surface area contributed by atoms with Crippen LogP contribution < -0.4 is 15.2 Å². The number of benzene rings is 1. The van der Waals surface area contributed by atoms with Crippen LogP contribution in [0.5, 0.6) is 11.5 Å². The SMILES string of the molecule is COc1ccc(OCC(C)C)c(CCN)c1. The lowest BCUT2D eigenvalue weighted by Crippen LogP contribution is -2.09. The lowest BCUT2D eigenvalue weighted by molar-refractivity contribution is 0.268. The molecule has 1 aromatic rings. The van der Waals surface area contributed by atoms with E-state index in [1.165, 1.54) is 0 Å². The van der Waals surface area contributed by atoms with Crippen molar-refractivity contribution in [3.8, 4) is 11.5 Å². The van der Waals surface area contributed by atoms with Crippen LogP contribution in [-0.4, -0.2) is 20.3 Å². The van der Waals surface area contributed by atoms with Gasteiger partial charge in [0.15, 0.2) is 0 Å². The van der Waals surface area contributed by atoms with Crippen molar-refractivity contribution in [2.24, 2.45) is 11.7 Å². The summed E-state index contributed by atoms with van der Waals surface area (Å²) in [6.07, 6.45) is 0.810. The van der Waals surface area contributed by atoms with E-state index >= 15 is 0 Å². The van der Waals surface area contributed by atoms with Gasteiger partial charge >= 0.3 is 0 Å². The van der Waals surface area contributed by atoms with Gasteiger partial charge in [0.05, 0.1) is 13.7 Å². The van der Waals surface area contributed by atoms with E-state index in [0.717, 1.165) is 30.1 Å². The fourth-order valence-electron chi connectivity index (χ4n) is 1.43. The molecular weight excluding hydrogens is 202 g/mol. The van der Waals surface area contributed by atoms with E-state index in [9.17, 15) is 0 Å². The summed E-state index contributed by atoms with van der Waals surface area (Å²) in [6.45, 7) is 5.60. The molecule has 1 rings (SSSR count). The average Bonchev–Trinajstić information content (AvgIpc) is 2.27. The number of hydrogen-bond donors (Lipinski definition) is 1. The first-order valence-corrected chi connectivity index (χ1v) is 5.67. The summed E-state index contributed by atoms with van der Waals surface area (Å²) in [5.41, 5.74) is 6.69. The first-order chi connectivity index (χ1) is 7.67. The third-order valence-corrected chi connectivity index (χ3v) is 2.25. The van der Waals surface area contributed by atoms with Gasteiger partial charge < -0.3 is 15.2 Å². The Morgan fingerprint density at radius 2 is 2.06 bits per heavy atom. The predicted octanol–water partition coefficient (Wildman–Crippen LogP) is 2.23.